The molecule has 1 heterocycles. The van der Waals surface area contributed by atoms with Crippen LogP contribution >= 0.6 is 15.9 Å². The smallest absolute Gasteiger partial charge is 0.244 e. The maximum Gasteiger partial charge on any atom is 0.244 e. The summed E-state index contributed by atoms with van der Waals surface area (Å²) in [6.45, 7) is 4.12. The largest absolute Gasteiger partial charge is 0.376 e. The zero-order valence-corrected chi connectivity index (χ0v) is 15.7. The van der Waals surface area contributed by atoms with Crippen molar-refractivity contribution >= 4 is 33.3 Å². The van der Waals surface area contributed by atoms with Crippen molar-refractivity contribution in [3.8, 4) is 5.69 Å². The first kappa shape index (κ1) is 17.2. The van der Waals surface area contributed by atoms with E-state index in [0.29, 0.717) is 5.82 Å². The Morgan fingerprint density at radius 2 is 1.76 bits per heavy atom. The molecule has 25 heavy (non-hydrogen) atoms. The van der Waals surface area contributed by atoms with E-state index >= 15 is 0 Å². The molecule has 0 saturated carbocycles. The molecule has 0 radical (unpaired) electrons. The van der Waals surface area contributed by atoms with Crippen LogP contribution < -0.4 is 10.6 Å². The van der Waals surface area contributed by atoms with Crippen molar-refractivity contribution in [1.29, 1.82) is 0 Å². The molecule has 5 nitrogen and oxygen atoms in total. The van der Waals surface area contributed by atoms with E-state index in [9.17, 15) is 4.79 Å². The van der Waals surface area contributed by atoms with Gasteiger partial charge in [-0.3, -0.25) is 4.79 Å². The average molecular weight is 399 g/mol. The van der Waals surface area contributed by atoms with Crippen molar-refractivity contribution in [1.82, 2.24) is 9.78 Å². The molecule has 2 N–H and O–H groups in total. The average Bonchev–Trinajstić information content (AvgIpc) is 2.95. The van der Waals surface area contributed by atoms with Crippen LogP contribution in [0.4, 0.5) is 11.5 Å². The minimum Gasteiger partial charge on any atom is -0.376 e. The van der Waals surface area contributed by atoms with Gasteiger partial charge in [0.2, 0.25) is 5.91 Å². The van der Waals surface area contributed by atoms with Gasteiger partial charge < -0.3 is 10.6 Å². The number of nitrogens with zero attached hydrogens (tertiary/aromatic N) is 2. The maximum absolute atomic E-state index is 12.3. The molecule has 0 aliphatic carbocycles. The molecule has 128 valence electrons. The lowest BCUT2D eigenvalue weighted by Crippen LogP contribution is -2.23. The fraction of sp³-hybridized carbons (Fsp3) is 0.158. The van der Waals surface area contributed by atoms with Gasteiger partial charge in [-0.05, 0) is 50.2 Å². The van der Waals surface area contributed by atoms with Crippen molar-refractivity contribution in [3.05, 3.63) is 70.3 Å². The van der Waals surface area contributed by atoms with Crippen molar-refractivity contribution in [2.45, 2.75) is 13.8 Å². The summed E-state index contributed by atoms with van der Waals surface area (Å²) in [5, 5.41) is 10.5. The van der Waals surface area contributed by atoms with Crippen LogP contribution in [-0.4, -0.2) is 22.2 Å². The molecule has 0 aliphatic heterocycles. The van der Waals surface area contributed by atoms with Gasteiger partial charge in [-0.2, -0.15) is 5.10 Å². The lowest BCUT2D eigenvalue weighted by molar-refractivity contribution is -0.114. The van der Waals surface area contributed by atoms with Gasteiger partial charge in [0, 0.05) is 16.2 Å². The molecule has 0 saturated heterocycles. The molecule has 0 atom stereocenters. The number of carbonyl (C=O) groups excluding carboxylic acids is 1. The van der Waals surface area contributed by atoms with E-state index < -0.39 is 0 Å². The molecule has 1 amide bonds. The zero-order chi connectivity index (χ0) is 17.8. The third-order valence-corrected chi connectivity index (χ3v) is 4.20. The number of aromatic nitrogens is 2. The number of rotatable bonds is 5. The Balaban J connectivity index is 1.69. The molecule has 0 spiro atoms. The van der Waals surface area contributed by atoms with Crippen molar-refractivity contribution < 1.29 is 4.79 Å². The maximum atomic E-state index is 12.3. The summed E-state index contributed by atoms with van der Waals surface area (Å²) in [4.78, 5) is 12.3. The number of halogens is 1. The van der Waals surface area contributed by atoms with E-state index in [1.165, 1.54) is 5.56 Å². The number of anilines is 2. The van der Waals surface area contributed by atoms with Gasteiger partial charge in [0.1, 0.15) is 5.82 Å². The van der Waals surface area contributed by atoms with Crippen LogP contribution in [-0.2, 0) is 4.79 Å². The second kappa shape index (κ2) is 7.53. The monoisotopic (exact) mass is 398 g/mol. The van der Waals surface area contributed by atoms with Crippen LogP contribution in [0.15, 0.2) is 59.1 Å². The number of nitrogens with one attached hydrogen (secondary N) is 2. The van der Waals surface area contributed by atoms with E-state index in [-0.39, 0.29) is 12.5 Å². The van der Waals surface area contributed by atoms with Crippen LogP contribution in [0.25, 0.3) is 5.69 Å². The molecule has 0 aliphatic rings. The lowest BCUT2D eigenvalue weighted by Gasteiger charge is -2.10. The van der Waals surface area contributed by atoms with Crippen LogP contribution in [0.2, 0.25) is 0 Å². The standard InChI is InChI=1S/C19H19BrN4O/c1-13-3-9-17(10-4-13)24-18(11-14(2)23-24)22-19(25)12-21-16-7-5-15(20)6-8-16/h3-11,21H,12H2,1-2H3,(H,22,25). The fourth-order valence-electron chi connectivity index (χ4n) is 2.41. The third kappa shape index (κ3) is 4.48. The van der Waals surface area contributed by atoms with Crippen molar-refractivity contribution in [3.63, 3.8) is 0 Å². The van der Waals surface area contributed by atoms with Gasteiger partial charge in [0.05, 0.1) is 17.9 Å². The number of carbonyl (C=O) groups is 1. The van der Waals surface area contributed by atoms with E-state index in [1.54, 1.807) is 4.68 Å². The van der Waals surface area contributed by atoms with Crippen LogP contribution in [0.1, 0.15) is 11.3 Å². The first-order chi connectivity index (χ1) is 12.0. The molecule has 0 unspecified atom stereocenters. The first-order valence-electron chi connectivity index (χ1n) is 7.94. The van der Waals surface area contributed by atoms with E-state index in [2.05, 4.69) is 31.7 Å². The Morgan fingerprint density at radius 3 is 2.44 bits per heavy atom. The molecule has 0 fully saturated rings. The second-order valence-electron chi connectivity index (χ2n) is 5.83. The molecule has 0 bridgehead atoms. The summed E-state index contributed by atoms with van der Waals surface area (Å²) < 4.78 is 2.74. The van der Waals surface area contributed by atoms with Gasteiger partial charge in [-0.1, -0.05) is 33.6 Å². The quantitative estimate of drug-likeness (QED) is 0.673. The number of amides is 1. The number of aryl methyl sites for hydroxylation is 2. The molecular weight excluding hydrogens is 380 g/mol. The predicted molar refractivity (Wildman–Crippen MR) is 104 cm³/mol. The molecule has 6 heteroatoms. The lowest BCUT2D eigenvalue weighted by atomic mass is 10.2. The Hall–Kier alpha value is -2.60. The third-order valence-electron chi connectivity index (χ3n) is 3.67. The van der Waals surface area contributed by atoms with E-state index in [4.69, 9.17) is 0 Å². The van der Waals surface area contributed by atoms with Crippen LogP contribution in [0, 0.1) is 13.8 Å². The number of benzene rings is 2. The highest BCUT2D eigenvalue weighted by Gasteiger charge is 2.11. The predicted octanol–water partition coefficient (Wildman–Crippen LogP) is 4.30. The molecular formula is C19H19BrN4O. The van der Waals surface area contributed by atoms with Crippen LogP contribution in [0.3, 0.4) is 0 Å². The Bertz CT molecular complexity index is 869. The molecule has 1 aromatic heterocycles. The van der Waals surface area contributed by atoms with Crippen LogP contribution in [0.5, 0.6) is 0 Å². The molecule has 3 aromatic rings. The molecule has 3 rings (SSSR count). The highest BCUT2D eigenvalue weighted by Crippen LogP contribution is 2.18. The Labute approximate surface area is 155 Å². The SMILES string of the molecule is Cc1ccc(-n2nc(C)cc2NC(=O)CNc2ccc(Br)cc2)cc1. The minimum absolute atomic E-state index is 0.129. The van der Waals surface area contributed by atoms with Gasteiger partial charge in [0.25, 0.3) is 0 Å². The fourth-order valence-corrected chi connectivity index (χ4v) is 2.67. The zero-order valence-electron chi connectivity index (χ0n) is 14.1. The summed E-state index contributed by atoms with van der Waals surface area (Å²) >= 11 is 3.39. The summed E-state index contributed by atoms with van der Waals surface area (Å²) in [7, 11) is 0. The first-order valence-corrected chi connectivity index (χ1v) is 8.73. The Kier molecular flexibility index (Phi) is 5.19. The summed E-state index contributed by atoms with van der Waals surface area (Å²) in [6.07, 6.45) is 0. The highest BCUT2D eigenvalue weighted by atomic mass is 79.9. The van der Waals surface area contributed by atoms with E-state index in [0.717, 1.165) is 21.5 Å². The second-order valence-corrected chi connectivity index (χ2v) is 6.74. The van der Waals surface area contributed by atoms with Gasteiger partial charge >= 0.3 is 0 Å². The van der Waals surface area contributed by atoms with Gasteiger partial charge in [-0.15, -0.1) is 0 Å². The van der Waals surface area contributed by atoms with E-state index in [1.807, 2.05) is 68.4 Å². The highest BCUT2D eigenvalue weighted by molar-refractivity contribution is 9.10. The summed E-state index contributed by atoms with van der Waals surface area (Å²) in [6, 6.07) is 17.6. The topological polar surface area (TPSA) is 59.0 Å². The normalized spacial score (nSPS) is 10.5. The number of hydrogen-bond acceptors (Lipinski definition) is 3. The van der Waals surface area contributed by atoms with Crippen molar-refractivity contribution in [2.24, 2.45) is 0 Å². The number of hydrogen-bond donors (Lipinski definition) is 2. The minimum atomic E-state index is -0.129. The van der Waals surface area contributed by atoms with Crippen molar-refractivity contribution in [2.75, 3.05) is 17.2 Å². The van der Waals surface area contributed by atoms with Gasteiger partial charge in [0.15, 0.2) is 0 Å². The molecule has 2 aromatic carbocycles. The van der Waals surface area contributed by atoms with Gasteiger partial charge in [-0.25, -0.2) is 4.68 Å². The summed E-state index contributed by atoms with van der Waals surface area (Å²) in [5.41, 5.74) is 3.82. The Morgan fingerprint density at radius 1 is 1.08 bits per heavy atom. The summed E-state index contributed by atoms with van der Waals surface area (Å²) in [5.74, 6) is 0.528.